The minimum absolute atomic E-state index is 0.107. The lowest BCUT2D eigenvalue weighted by Gasteiger charge is -2.20. The van der Waals surface area contributed by atoms with Gasteiger partial charge in [0.1, 0.15) is 11.8 Å². The van der Waals surface area contributed by atoms with Crippen LogP contribution in [0, 0.1) is 5.92 Å². The summed E-state index contributed by atoms with van der Waals surface area (Å²) in [4.78, 5) is 23.6. The molecule has 0 aromatic heterocycles. The number of anilines is 1. The Bertz CT molecular complexity index is 520. The number of hydrogen-bond acceptors (Lipinski definition) is 4. The summed E-state index contributed by atoms with van der Waals surface area (Å²) in [6.45, 7) is 3.61. The van der Waals surface area contributed by atoms with Crippen molar-refractivity contribution in [1.29, 1.82) is 0 Å². The van der Waals surface area contributed by atoms with E-state index in [-0.39, 0.29) is 5.92 Å². The number of esters is 1. The molecule has 0 aliphatic carbocycles. The van der Waals surface area contributed by atoms with Gasteiger partial charge in [0, 0.05) is 5.02 Å². The van der Waals surface area contributed by atoms with E-state index in [2.05, 4.69) is 15.4 Å². The lowest BCUT2D eigenvalue weighted by molar-refractivity contribution is -0.143. The van der Waals surface area contributed by atoms with E-state index in [0.717, 1.165) is 0 Å². The maximum Gasteiger partial charge on any atom is 0.328 e. The number of carbonyl (C=O) groups excluding carboxylic acids is 2. The second kappa shape index (κ2) is 7.73. The summed E-state index contributed by atoms with van der Waals surface area (Å²) in [6.07, 6.45) is 0. The van der Waals surface area contributed by atoms with Gasteiger partial charge in [0.2, 0.25) is 0 Å². The van der Waals surface area contributed by atoms with E-state index in [4.69, 9.17) is 16.3 Å². The van der Waals surface area contributed by atoms with E-state index >= 15 is 0 Å². The van der Waals surface area contributed by atoms with E-state index < -0.39 is 18.0 Å². The third-order valence-corrected chi connectivity index (χ3v) is 3.05. The van der Waals surface area contributed by atoms with Crippen LogP contribution in [0.25, 0.3) is 0 Å². The van der Waals surface area contributed by atoms with Crippen LogP contribution in [0.15, 0.2) is 18.2 Å². The largest absolute Gasteiger partial charge is 0.495 e. The van der Waals surface area contributed by atoms with Gasteiger partial charge in [-0.15, -0.1) is 0 Å². The normalized spacial score (nSPS) is 11.7. The number of ether oxygens (including phenoxy) is 2. The van der Waals surface area contributed by atoms with Crippen LogP contribution in [-0.4, -0.2) is 32.3 Å². The van der Waals surface area contributed by atoms with Gasteiger partial charge in [-0.05, 0) is 24.1 Å². The molecule has 0 aliphatic heterocycles. The van der Waals surface area contributed by atoms with Crippen molar-refractivity contribution in [3.8, 4) is 5.75 Å². The predicted molar refractivity (Wildman–Crippen MR) is 80.8 cm³/mol. The van der Waals surface area contributed by atoms with Crippen molar-refractivity contribution in [2.24, 2.45) is 5.92 Å². The number of carbonyl (C=O) groups is 2. The minimum Gasteiger partial charge on any atom is -0.495 e. The molecule has 0 radical (unpaired) electrons. The van der Waals surface area contributed by atoms with Crippen LogP contribution in [0.4, 0.5) is 10.5 Å². The summed E-state index contributed by atoms with van der Waals surface area (Å²) < 4.78 is 9.79. The molecule has 2 N–H and O–H groups in total. The number of nitrogens with one attached hydrogen (secondary N) is 2. The number of benzene rings is 1. The van der Waals surface area contributed by atoms with Crippen LogP contribution in [0.3, 0.4) is 0 Å². The average Bonchev–Trinajstić information content (AvgIpc) is 2.44. The summed E-state index contributed by atoms with van der Waals surface area (Å²) in [7, 11) is 2.76. The van der Waals surface area contributed by atoms with E-state index in [1.54, 1.807) is 18.2 Å². The number of amides is 2. The highest BCUT2D eigenvalue weighted by Gasteiger charge is 2.25. The van der Waals surface area contributed by atoms with Gasteiger partial charge in [0.05, 0.1) is 19.9 Å². The fourth-order valence-electron chi connectivity index (χ4n) is 1.70. The first-order valence-corrected chi connectivity index (χ1v) is 6.75. The van der Waals surface area contributed by atoms with Gasteiger partial charge in [0.15, 0.2) is 0 Å². The van der Waals surface area contributed by atoms with Crippen molar-refractivity contribution in [3.63, 3.8) is 0 Å². The Hall–Kier alpha value is -1.95. The third kappa shape index (κ3) is 4.82. The van der Waals surface area contributed by atoms with Crippen LogP contribution >= 0.6 is 11.6 Å². The monoisotopic (exact) mass is 314 g/mol. The zero-order valence-corrected chi connectivity index (χ0v) is 13.2. The fraction of sp³-hybridized carbons (Fsp3) is 0.429. The Morgan fingerprint density at radius 3 is 2.43 bits per heavy atom. The molecule has 1 aromatic carbocycles. The zero-order valence-electron chi connectivity index (χ0n) is 12.4. The molecule has 1 rings (SSSR count). The van der Waals surface area contributed by atoms with Crippen molar-refractivity contribution in [2.45, 2.75) is 19.9 Å². The van der Waals surface area contributed by atoms with Gasteiger partial charge in [-0.2, -0.15) is 0 Å². The fourth-order valence-corrected chi connectivity index (χ4v) is 1.87. The number of urea groups is 1. The van der Waals surface area contributed by atoms with Gasteiger partial charge in [-0.25, -0.2) is 9.59 Å². The van der Waals surface area contributed by atoms with Gasteiger partial charge in [-0.3, -0.25) is 0 Å². The zero-order chi connectivity index (χ0) is 16.0. The first-order chi connectivity index (χ1) is 9.88. The topological polar surface area (TPSA) is 76.7 Å². The molecule has 2 amide bonds. The molecule has 0 aliphatic rings. The highest BCUT2D eigenvalue weighted by atomic mass is 35.5. The Kier molecular flexibility index (Phi) is 6.30. The maximum atomic E-state index is 12.0. The molecule has 0 fully saturated rings. The molecule has 0 bridgehead atoms. The Balaban J connectivity index is 2.81. The average molecular weight is 315 g/mol. The van der Waals surface area contributed by atoms with Crippen LogP contribution < -0.4 is 15.4 Å². The van der Waals surface area contributed by atoms with Crippen LogP contribution in [0.5, 0.6) is 5.75 Å². The first-order valence-electron chi connectivity index (χ1n) is 6.38. The molecule has 0 saturated heterocycles. The number of hydrogen-bond donors (Lipinski definition) is 2. The number of halogens is 1. The van der Waals surface area contributed by atoms with Gasteiger partial charge >= 0.3 is 12.0 Å². The molecule has 116 valence electrons. The minimum atomic E-state index is -0.736. The van der Waals surface area contributed by atoms with Gasteiger partial charge in [-0.1, -0.05) is 25.4 Å². The highest BCUT2D eigenvalue weighted by molar-refractivity contribution is 6.31. The molecule has 1 atom stereocenters. The molecule has 0 saturated carbocycles. The predicted octanol–water partition coefficient (Wildman–Crippen LogP) is 2.67. The van der Waals surface area contributed by atoms with E-state index in [1.165, 1.54) is 14.2 Å². The summed E-state index contributed by atoms with van der Waals surface area (Å²) in [5, 5.41) is 5.62. The molecule has 1 unspecified atom stereocenters. The first kappa shape index (κ1) is 17.1. The molecule has 0 heterocycles. The highest BCUT2D eigenvalue weighted by Crippen LogP contribution is 2.27. The van der Waals surface area contributed by atoms with Crippen molar-refractivity contribution < 1.29 is 19.1 Å². The van der Waals surface area contributed by atoms with E-state index in [9.17, 15) is 9.59 Å². The Morgan fingerprint density at radius 2 is 1.90 bits per heavy atom. The third-order valence-electron chi connectivity index (χ3n) is 2.82. The summed E-state index contributed by atoms with van der Waals surface area (Å²) >= 11 is 5.88. The molecular formula is C14H19ClN2O4. The molecular weight excluding hydrogens is 296 g/mol. The smallest absolute Gasteiger partial charge is 0.328 e. The van der Waals surface area contributed by atoms with Crippen molar-refractivity contribution in [1.82, 2.24) is 5.32 Å². The van der Waals surface area contributed by atoms with E-state index in [1.807, 2.05) is 13.8 Å². The van der Waals surface area contributed by atoms with Gasteiger partial charge in [0.25, 0.3) is 0 Å². The number of rotatable bonds is 5. The van der Waals surface area contributed by atoms with E-state index in [0.29, 0.717) is 16.5 Å². The summed E-state index contributed by atoms with van der Waals surface area (Å²) in [6, 6.07) is 3.56. The molecule has 1 aromatic rings. The SMILES string of the molecule is COC(=O)C(NC(=O)Nc1cc(Cl)ccc1OC)C(C)C. The second-order valence-corrected chi connectivity index (χ2v) is 5.12. The lowest BCUT2D eigenvalue weighted by atomic mass is 10.1. The van der Waals surface area contributed by atoms with Crippen molar-refractivity contribution in [2.75, 3.05) is 19.5 Å². The number of methoxy groups -OCH3 is 2. The van der Waals surface area contributed by atoms with Crippen LogP contribution in [-0.2, 0) is 9.53 Å². The molecule has 6 nitrogen and oxygen atoms in total. The van der Waals surface area contributed by atoms with Crippen LogP contribution in [0.1, 0.15) is 13.8 Å². The molecule has 7 heteroatoms. The second-order valence-electron chi connectivity index (χ2n) is 4.69. The maximum absolute atomic E-state index is 12.0. The van der Waals surface area contributed by atoms with Gasteiger partial charge < -0.3 is 20.1 Å². The summed E-state index contributed by atoms with van der Waals surface area (Å²) in [5.74, 6) is -0.142. The van der Waals surface area contributed by atoms with Crippen molar-refractivity contribution in [3.05, 3.63) is 23.2 Å². The summed E-state index contributed by atoms with van der Waals surface area (Å²) in [5.41, 5.74) is 0.412. The lowest BCUT2D eigenvalue weighted by Crippen LogP contribution is -2.46. The standard InChI is InChI=1S/C14H19ClN2O4/c1-8(2)12(13(18)21-4)17-14(19)16-10-7-9(15)5-6-11(10)20-3/h5-8,12H,1-4H3,(H2,16,17,19). The Labute approximate surface area is 128 Å². The van der Waals surface area contributed by atoms with Crippen LogP contribution in [0.2, 0.25) is 5.02 Å². The quantitative estimate of drug-likeness (QED) is 0.819. The molecule has 0 spiro atoms. The van der Waals surface area contributed by atoms with Crippen molar-refractivity contribution >= 4 is 29.3 Å². The molecule has 21 heavy (non-hydrogen) atoms. The Morgan fingerprint density at radius 1 is 1.24 bits per heavy atom.